The van der Waals surface area contributed by atoms with Crippen LogP contribution in [0.25, 0.3) is 28.6 Å². The number of esters is 1. The number of aromatic nitrogens is 2. The van der Waals surface area contributed by atoms with Gasteiger partial charge in [0.05, 0.1) is 23.8 Å². The highest BCUT2D eigenvalue weighted by molar-refractivity contribution is 5.89. The number of methoxy groups -OCH3 is 1. The molecule has 6 rings (SSSR count). The number of benzene rings is 5. The predicted octanol–water partition coefficient (Wildman–Crippen LogP) is 9.01. The van der Waals surface area contributed by atoms with E-state index in [0.29, 0.717) is 23.6 Å². The van der Waals surface area contributed by atoms with E-state index in [4.69, 9.17) is 14.0 Å². The fourth-order valence-electron chi connectivity index (χ4n) is 5.83. The Morgan fingerprint density at radius 2 is 1.42 bits per heavy atom. The number of carbonyl (C=O) groups excluding carboxylic acids is 1. The number of halogens is 3. The summed E-state index contributed by atoms with van der Waals surface area (Å²) in [6.07, 6.45) is 2.29. The van der Waals surface area contributed by atoms with E-state index in [2.05, 4.69) is 22.3 Å². The van der Waals surface area contributed by atoms with Gasteiger partial charge in [-0.3, -0.25) is 0 Å². The predicted molar refractivity (Wildman–Crippen MR) is 191 cm³/mol. The minimum absolute atomic E-state index is 0.146. The molecule has 5 aromatic carbocycles. The van der Waals surface area contributed by atoms with E-state index in [0.717, 1.165) is 70.5 Å². The van der Waals surface area contributed by atoms with Gasteiger partial charge in [0, 0.05) is 5.56 Å². The first-order valence-electron chi connectivity index (χ1n) is 16.7. The van der Waals surface area contributed by atoms with E-state index < -0.39 is 17.5 Å². The lowest BCUT2D eigenvalue weighted by Crippen LogP contribution is -2.05. The Bertz CT molecular complexity index is 2170. The lowest BCUT2D eigenvalue weighted by Gasteiger charge is -2.15. The van der Waals surface area contributed by atoms with Crippen molar-refractivity contribution in [3.05, 3.63) is 171 Å². The largest absolute Gasteiger partial charge is 0.547 e. The molecule has 0 radical (unpaired) electrons. The third-order valence-electron chi connectivity index (χ3n) is 8.75. The van der Waals surface area contributed by atoms with Crippen molar-refractivity contribution in [1.29, 1.82) is 0 Å². The summed E-state index contributed by atoms with van der Waals surface area (Å²) in [5.74, 6) is 0.442. The molecule has 1 heterocycles. The summed E-state index contributed by atoms with van der Waals surface area (Å²) < 4.78 is 54.7. The van der Waals surface area contributed by atoms with Crippen LogP contribution in [-0.2, 0) is 30.4 Å². The van der Waals surface area contributed by atoms with E-state index in [-0.39, 0.29) is 11.9 Å². The number of ether oxygens (including phenoxy) is 2. The highest BCUT2D eigenvalue weighted by atomic mass is 19.4. The lowest BCUT2D eigenvalue weighted by molar-refractivity contribution is -0.602. The molecule has 1 unspecified atom stereocenters. The number of aromatic amines is 2. The van der Waals surface area contributed by atoms with E-state index >= 15 is 0 Å². The second kappa shape index (κ2) is 16.2. The second-order valence-corrected chi connectivity index (χ2v) is 12.3. The van der Waals surface area contributed by atoms with Crippen LogP contribution >= 0.6 is 0 Å². The molecule has 6 aromatic rings. The summed E-state index contributed by atoms with van der Waals surface area (Å²) in [5, 5.41) is 2.58. The summed E-state index contributed by atoms with van der Waals surface area (Å²) in [7, 11) is 1.36. The number of hydrogen-bond acceptors (Lipinski definition) is 5. The number of carbonyl (C=O) groups is 1. The minimum atomic E-state index is -4.37. The number of alkyl halides is 3. The first-order chi connectivity index (χ1) is 25.1. The Hall–Kier alpha value is -6.16. The third kappa shape index (κ3) is 9.33. The molecule has 1 atom stereocenters. The van der Waals surface area contributed by atoms with Gasteiger partial charge in [0.25, 0.3) is 0 Å². The number of H-pyrrole nitrogens is 2. The second-order valence-electron chi connectivity index (χ2n) is 12.3. The first kappa shape index (κ1) is 35.7. The molecule has 0 aliphatic carbocycles. The summed E-state index contributed by atoms with van der Waals surface area (Å²) in [6.45, 7) is 0.314. The Balaban J connectivity index is 1.14. The molecule has 7 nitrogen and oxygen atoms in total. The van der Waals surface area contributed by atoms with Gasteiger partial charge in [-0.05, 0) is 95.5 Å². The van der Waals surface area contributed by atoms with Gasteiger partial charge in [0.1, 0.15) is 12.4 Å². The van der Waals surface area contributed by atoms with Crippen LogP contribution < -0.4 is 15.6 Å². The molecule has 2 N–H and O–H groups in total. The zero-order chi connectivity index (χ0) is 36.5. The van der Waals surface area contributed by atoms with Crippen molar-refractivity contribution >= 4 is 12.0 Å². The van der Waals surface area contributed by atoms with Crippen LogP contribution in [0, 0.1) is 5.92 Å². The van der Waals surface area contributed by atoms with E-state index in [1.165, 1.54) is 19.2 Å². The maximum atomic E-state index is 13.0. The van der Waals surface area contributed by atoms with E-state index in [1.54, 1.807) is 12.1 Å². The fraction of sp³-hybridized carbons (Fsp3) is 0.167. The van der Waals surface area contributed by atoms with E-state index in [9.17, 15) is 22.8 Å². The molecule has 0 fully saturated rings. The van der Waals surface area contributed by atoms with Crippen molar-refractivity contribution in [3.8, 4) is 28.3 Å². The third-order valence-corrected chi connectivity index (χ3v) is 8.75. The highest BCUT2D eigenvalue weighted by Crippen LogP contribution is 2.31. The molecule has 1 aromatic heterocycles. The maximum absolute atomic E-state index is 13.0. The maximum Gasteiger partial charge on any atom is 0.547 e. The normalized spacial score (nSPS) is 12.2. The van der Waals surface area contributed by atoms with Crippen LogP contribution in [0.3, 0.4) is 0 Å². The Kier molecular flexibility index (Phi) is 11.1. The Morgan fingerprint density at radius 3 is 2.06 bits per heavy atom. The van der Waals surface area contributed by atoms with Crippen LogP contribution in [0.15, 0.2) is 137 Å². The summed E-state index contributed by atoms with van der Waals surface area (Å²) in [5.41, 5.74) is 6.21. The molecule has 0 aliphatic rings. The minimum Gasteiger partial charge on any atom is -0.488 e. The molecular weight excluding hydrogens is 669 g/mol. The monoisotopic (exact) mass is 705 g/mol. The van der Waals surface area contributed by atoms with Gasteiger partial charge in [-0.25, -0.2) is 9.32 Å². The smallest absolute Gasteiger partial charge is 0.488 e. The molecule has 0 aliphatic heterocycles. The van der Waals surface area contributed by atoms with Gasteiger partial charge < -0.3 is 9.47 Å². The SMILES string of the molecule is COC(=O)c1ccc(CC(/C=C/c2ccccc2OCc2ccc(-c3ccc(C(F)(F)F)cc3)cc2)CCc2ccc(-c3[nH]c(=O)o[nH+]3)cc2)cc1. The van der Waals surface area contributed by atoms with Crippen LogP contribution in [0.4, 0.5) is 13.2 Å². The summed E-state index contributed by atoms with van der Waals surface area (Å²) in [6, 6.07) is 35.8. The number of aryl methyl sites for hydroxylation is 1. The molecule has 0 saturated heterocycles. The van der Waals surface area contributed by atoms with Crippen molar-refractivity contribution < 1.29 is 37.1 Å². The van der Waals surface area contributed by atoms with Gasteiger partial charge in [-0.2, -0.15) is 22.9 Å². The Labute approximate surface area is 298 Å². The zero-order valence-electron chi connectivity index (χ0n) is 28.3. The van der Waals surface area contributed by atoms with Crippen LogP contribution in [0.2, 0.25) is 0 Å². The molecule has 10 heteroatoms. The van der Waals surface area contributed by atoms with Gasteiger partial charge in [0.15, 0.2) is 0 Å². The molecule has 52 heavy (non-hydrogen) atoms. The van der Waals surface area contributed by atoms with Gasteiger partial charge in [0.2, 0.25) is 0 Å². The average Bonchev–Trinajstić information content (AvgIpc) is 3.61. The molecule has 264 valence electrons. The van der Waals surface area contributed by atoms with Crippen molar-refractivity contribution in [1.82, 2.24) is 4.98 Å². The zero-order valence-corrected chi connectivity index (χ0v) is 28.3. The Morgan fingerprint density at radius 1 is 0.808 bits per heavy atom. The van der Waals surface area contributed by atoms with Gasteiger partial charge in [-0.1, -0.05) is 96.2 Å². The van der Waals surface area contributed by atoms with Crippen molar-refractivity contribution in [2.45, 2.75) is 32.0 Å². The van der Waals surface area contributed by atoms with E-state index in [1.807, 2.05) is 84.9 Å². The molecule has 0 bridgehead atoms. The van der Waals surface area contributed by atoms with Crippen LogP contribution in [0.1, 0.15) is 44.6 Å². The molecule has 0 amide bonds. The summed E-state index contributed by atoms with van der Waals surface area (Å²) >= 11 is 0. The molecule has 0 saturated carbocycles. The lowest BCUT2D eigenvalue weighted by atomic mass is 9.91. The standard InChI is InChI=1S/C42H35F3N2O5/c1-50-40(48)36-20-11-30(12-21-36)26-29(7-6-28-8-18-35(19-9-28)39-46-41(49)52-47-39)10-17-34-4-2-3-5-38(34)51-27-31-13-15-32(16-14-31)33-22-24-37(25-23-33)42(43,44)45/h2-5,8-25,29H,6-7,26-27H2,1H3,(H,46,47,49)/p+1/b17-10+. The summed E-state index contributed by atoms with van der Waals surface area (Å²) in [4.78, 5) is 26.0. The quantitative estimate of drug-likeness (QED) is 0.121. The van der Waals surface area contributed by atoms with Crippen LogP contribution in [-0.4, -0.2) is 18.1 Å². The molecule has 0 spiro atoms. The van der Waals surface area contributed by atoms with Crippen molar-refractivity contribution in [2.75, 3.05) is 7.11 Å². The number of nitrogens with one attached hydrogen (secondary N) is 2. The number of para-hydroxylation sites is 1. The number of hydrogen-bond donors (Lipinski definition) is 1. The van der Waals surface area contributed by atoms with Crippen molar-refractivity contribution in [3.63, 3.8) is 0 Å². The molecular formula is C42H36F3N2O5+. The topological polar surface area (TPSA) is 95.7 Å². The van der Waals surface area contributed by atoms with Crippen molar-refractivity contribution in [2.24, 2.45) is 5.92 Å². The van der Waals surface area contributed by atoms with Gasteiger partial charge >= 0.3 is 23.7 Å². The number of rotatable bonds is 13. The van der Waals surface area contributed by atoms with Crippen LogP contribution in [0.5, 0.6) is 5.75 Å². The average molecular weight is 706 g/mol. The first-order valence-corrected chi connectivity index (χ1v) is 16.7. The van der Waals surface area contributed by atoms with Gasteiger partial charge in [-0.15, -0.1) is 0 Å². The fourth-order valence-corrected chi connectivity index (χ4v) is 5.83. The highest BCUT2D eigenvalue weighted by Gasteiger charge is 2.30. The number of allylic oxidation sites excluding steroid dienone is 1.